The standard InChI is InChI=1S/C23H30FN3O3S/c1-26(31(29,30)22-11-9-20(24)10-12-22)15-5-8-23(28)25-21-13-16-27(17-14-21)18-19-6-3-2-4-7-19/h2-4,6-7,9-12,21H,5,8,13-18H2,1H3,(H,25,28). The molecule has 0 aliphatic carbocycles. The molecule has 3 rings (SSSR count). The molecule has 0 spiro atoms. The smallest absolute Gasteiger partial charge is 0.242 e. The molecule has 1 aliphatic rings. The van der Waals surface area contributed by atoms with Crippen molar-refractivity contribution in [1.29, 1.82) is 0 Å². The second kappa shape index (κ2) is 10.8. The van der Waals surface area contributed by atoms with Gasteiger partial charge in [-0.3, -0.25) is 9.69 Å². The second-order valence-electron chi connectivity index (χ2n) is 7.99. The van der Waals surface area contributed by atoms with Crippen LogP contribution in [0.25, 0.3) is 0 Å². The van der Waals surface area contributed by atoms with Crippen LogP contribution in [-0.4, -0.2) is 56.3 Å². The number of carbonyl (C=O) groups excluding carboxylic acids is 1. The van der Waals surface area contributed by atoms with Gasteiger partial charge in [0, 0.05) is 45.7 Å². The predicted octanol–water partition coefficient (Wildman–Crippen LogP) is 3.01. The van der Waals surface area contributed by atoms with E-state index in [-0.39, 0.29) is 29.8 Å². The fraction of sp³-hybridized carbons (Fsp3) is 0.435. The maximum absolute atomic E-state index is 13.0. The number of sulfonamides is 1. The first-order valence-corrected chi connectivity index (χ1v) is 12.1. The minimum atomic E-state index is -3.68. The highest BCUT2D eigenvalue weighted by Crippen LogP contribution is 2.16. The number of rotatable bonds is 9. The van der Waals surface area contributed by atoms with E-state index in [0.717, 1.165) is 44.6 Å². The summed E-state index contributed by atoms with van der Waals surface area (Å²) >= 11 is 0. The van der Waals surface area contributed by atoms with E-state index in [4.69, 9.17) is 0 Å². The highest BCUT2D eigenvalue weighted by molar-refractivity contribution is 7.89. The Morgan fingerprint density at radius 1 is 1.10 bits per heavy atom. The van der Waals surface area contributed by atoms with Crippen molar-refractivity contribution in [1.82, 2.24) is 14.5 Å². The summed E-state index contributed by atoms with van der Waals surface area (Å²) in [7, 11) is -2.21. The van der Waals surface area contributed by atoms with Gasteiger partial charge in [0.25, 0.3) is 0 Å². The number of benzene rings is 2. The van der Waals surface area contributed by atoms with Crippen molar-refractivity contribution in [2.24, 2.45) is 0 Å². The largest absolute Gasteiger partial charge is 0.353 e. The number of likely N-dealkylation sites (tertiary alicyclic amines) is 1. The summed E-state index contributed by atoms with van der Waals surface area (Å²) in [6.07, 6.45) is 2.53. The van der Waals surface area contributed by atoms with Crippen molar-refractivity contribution >= 4 is 15.9 Å². The monoisotopic (exact) mass is 447 g/mol. The Hall–Kier alpha value is -2.29. The normalized spacial score (nSPS) is 15.8. The summed E-state index contributed by atoms with van der Waals surface area (Å²) in [6.45, 7) is 3.04. The maximum atomic E-state index is 13.0. The van der Waals surface area contributed by atoms with Crippen LogP contribution < -0.4 is 5.32 Å². The Bertz CT molecular complexity index is 944. The average molecular weight is 448 g/mol. The first-order chi connectivity index (χ1) is 14.8. The van der Waals surface area contributed by atoms with Gasteiger partial charge in [-0.05, 0) is 49.1 Å². The highest BCUT2D eigenvalue weighted by Gasteiger charge is 2.22. The zero-order valence-corrected chi connectivity index (χ0v) is 18.7. The molecule has 0 saturated carbocycles. The number of carbonyl (C=O) groups is 1. The van der Waals surface area contributed by atoms with Gasteiger partial charge in [-0.1, -0.05) is 30.3 Å². The Morgan fingerprint density at radius 3 is 2.39 bits per heavy atom. The summed E-state index contributed by atoms with van der Waals surface area (Å²) in [5.41, 5.74) is 1.30. The Kier molecular flexibility index (Phi) is 8.17. The molecule has 2 aromatic rings. The average Bonchev–Trinajstić information content (AvgIpc) is 2.76. The van der Waals surface area contributed by atoms with Crippen LogP contribution in [0, 0.1) is 5.82 Å². The zero-order valence-electron chi connectivity index (χ0n) is 17.8. The lowest BCUT2D eigenvalue weighted by Gasteiger charge is -2.32. The topological polar surface area (TPSA) is 69.7 Å². The molecule has 168 valence electrons. The number of piperidine rings is 1. The molecule has 1 heterocycles. The predicted molar refractivity (Wildman–Crippen MR) is 118 cm³/mol. The van der Waals surface area contributed by atoms with Crippen LogP contribution in [0.2, 0.25) is 0 Å². The summed E-state index contributed by atoms with van der Waals surface area (Å²) < 4.78 is 39.2. The zero-order chi connectivity index (χ0) is 22.3. The second-order valence-corrected chi connectivity index (χ2v) is 10.0. The third-order valence-corrected chi connectivity index (χ3v) is 7.47. The fourth-order valence-electron chi connectivity index (χ4n) is 3.75. The Morgan fingerprint density at radius 2 is 1.74 bits per heavy atom. The van der Waals surface area contributed by atoms with Crippen molar-refractivity contribution in [3.63, 3.8) is 0 Å². The summed E-state index contributed by atoms with van der Waals surface area (Å²) in [4.78, 5) is 14.7. The molecule has 0 unspecified atom stereocenters. The molecular weight excluding hydrogens is 417 g/mol. The van der Waals surface area contributed by atoms with E-state index >= 15 is 0 Å². The van der Waals surface area contributed by atoms with Gasteiger partial charge in [-0.2, -0.15) is 0 Å². The number of hydrogen-bond donors (Lipinski definition) is 1. The molecule has 0 bridgehead atoms. The lowest BCUT2D eigenvalue weighted by molar-refractivity contribution is -0.122. The molecule has 6 nitrogen and oxygen atoms in total. The Labute approximate surface area is 184 Å². The van der Waals surface area contributed by atoms with E-state index in [2.05, 4.69) is 22.3 Å². The number of halogens is 1. The van der Waals surface area contributed by atoms with Crippen LogP contribution in [0.3, 0.4) is 0 Å². The lowest BCUT2D eigenvalue weighted by Crippen LogP contribution is -2.44. The van der Waals surface area contributed by atoms with Crippen molar-refractivity contribution in [2.75, 3.05) is 26.7 Å². The first-order valence-electron chi connectivity index (χ1n) is 10.6. The molecule has 1 N–H and O–H groups in total. The molecular formula is C23H30FN3O3S. The van der Waals surface area contributed by atoms with Crippen LogP contribution in [0.15, 0.2) is 59.5 Å². The van der Waals surface area contributed by atoms with E-state index < -0.39 is 15.8 Å². The third-order valence-electron chi connectivity index (χ3n) is 5.60. The number of amides is 1. The van der Waals surface area contributed by atoms with E-state index in [9.17, 15) is 17.6 Å². The van der Waals surface area contributed by atoms with Gasteiger partial charge in [0.1, 0.15) is 5.82 Å². The third kappa shape index (κ3) is 6.85. The first kappa shape index (κ1) is 23.4. The number of nitrogens with one attached hydrogen (secondary N) is 1. The molecule has 1 saturated heterocycles. The summed E-state index contributed by atoms with van der Waals surface area (Å²) in [5, 5.41) is 3.08. The van der Waals surface area contributed by atoms with Crippen molar-refractivity contribution < 1.29 is 17.6 Å². The Balaban J connectivity index is 1.36. The summed E-state index contributed by atoms with van der Waals surface area (Å²) in [5.74, 6) is -0.529. The van der Waals surface area contributed by atoms with Crippen LogP contribution in [0.5, 0.6) is 0 Å². The molecule has 1 fully saturated rings. The molecule has 0 atom stereocenters. The van der Waals surface area contributed by atoms with Gasteiger partial charge in [-0.15, -0.1) is 0 Å². The van der Waals surface area contributed by atoms with E-state index in [1.807, 2.05) is 18.2 Å². The molecule has 2 aromatic carbocycles. The van der Waals surface area contributed by atoms with Crippen LogP contribution in [0.4, 0.5) is 4.39 Å². The van der Waals surface area contributed by atoms with Crippen molar-refractivity contribution in [3.8, 4) is 0 Å². The van der Waals surface area contributed by atoms with Crippen LogP contribution in [-0.2, 0) is 21.4 Å². The molecule has 1 amide bonds. The molecule has 0 aromatic heterocycles. The van der Waals surface area contributed by atoms with Gasteiger partial charge >= 0.3 is 0 Å². The SMILES string of the molecule is CN(CCCC(=O)NC1CCN(Cc2ccccc2)CC1)S(=O)(=O)c1ccc(F)cc1. The minimum absolute atomic E-state index is 0.0446. The van der Waals surface area contributed by atoms with E-state index in [0.29, 0.717) is 6.42 Å². The quantitative estimate of drug-likeness (QED) is 0.642. The van der Waals surface area contributed by atoms with Crippen LogP contribution in [0.1, 0.15) is 31.2 Å². The fourth-order valence-corrected chi connectivity index (χ4v) is 4.96. The van der Waals surface area contributed by atoms with Gasteiger partial charge in [0.2, 0.25) is 15.9 Å². The van der Waals surface area contributed by atoms with Gasteiger partial charge in [0.15, 0.2) is 0 Å². The van der Waals surface area contributed by atoms with Gasteiger partial charge in [0.05, 0.1) is 4.90 Å². The number of hydrogen-bond acceptors (Lipinski definition) is 4. The lowest BCUT2D eigenvalue weighted by atomic mass is 10.0. The molecule has 31 heavy (non-hydrogen) atoms. The highest BCUT2D eigenvalue weighted by atomic mass is 32.2. The minimum Gasteiger partial charge on any atom is -0.353 e. The van der Waals surface area contributed by atoms with Gasteiger partial charge in [-0.25, -0.2) is 17.1 Å². The van der Waals surface area contributed by atoms with Crippen molar-refractivity contribution in [2.45, 2.75) is 43.2 Å². The molecule has 8 heteroatoms. The van der Waals surface area contributed by atoms with Gasteiger partial charge < -0.3 is 5.32 Å². The van der Waals surface area contributed by atoms with Crippen LogP contribution >= 0.6 is 0 Å². The molecule has 1 aliphatic heterocycles. The van der Waals surface area contributed by atoms with E-state index in [1.54, 1.807) is 0 Å². The number of nitrogens with zero attached hydrogens (tertiary/aromatic N) is 2. The molecule has 0 radical (unpaired) electrons. The summed E-state index contributed by atoms with van der Waals surface area (Å²) in [6, 6.07) is 15.3. The van der Waals surface area contributed by atoms with E-state index in [1.165, 1.54) is 29.0 Å². The maximum Gasteiger partial charge on any atom is 0.242 e. The van der Waals surface area contributed by atoms with Crippen molar-refractivity contribution in [3.05, 3.63) is 66.0 Å².